The predicted octanol–water partition coefficient (Wildman–Crippen LogP) is 1.39. The lowest BCUT2D eigenvalue weighted by atomic mass is 10.0. The van der Waals surface area contributed by atoms with Gasteiger partial charge in [-0.05, 0) is 37.9 Å². The van der Waals surface area contributed by atoms with Crippen LogP contribution in [0.15, 0.2) is 18.2 Å². The standard InChI is InChI=1S/C15H23N3O/c1-12-4-3-5-14(17-12)7-9-18-8-6-13(11-18)10-15(19)16-2/h3-5,13H,6-11H2,1-2H3,(H,16,19)/t13-/m0/s1. The van der Waals surface area contributed by atoms with Gasteiger partial charge in [-0.25, -0.2) is 0 Å². The van der Waals surface area contributed by atoms with Crippen LogP contribution >= 0.6 is 0 Å². The smallest absolute Gasteiger partial charge is 0.220 e. The highest BCUT2D eigenvalue weighted by Gasteiger charge is 2.23. The maximum absolute atomic E-state index is 11.4. The molecule has 4 heteroatoms. The second-order valence-electron chi connectivity index (χ2n) is 5.35. The Morgan fingerprint density at radius 2 is 2.37 bits per heavy atom. The van der Waals surface area contributed by atoms with Crippen LogP contribution in [0.4, 0.5) is 0 Å². The van der Waals surface area contributed by atoms with E-state index in [-0.39, 0.29) is 5.91 Å². The van der Waals surface area contributed by atoms with Crippen LogP contribution in [-0.4, -0.2) is 42.5 Å². The third-order valence-electron chi connectivity index (χ3n) is 3.75. The fourth-order valence-corrected chi connectivity index (χ4v) is 2.66. The molecular formula is C15H23N3O. The SMILES string of the molecule is CNC(=O)C[C@@H]1CCN(CCc2cccc(C)n2)C1. The summed E-state index contributed by atoms with van der Waals surface area (Å²) in [4.78, 5) is 18.3. The number of hydrogen-bond donors (Lipinski definition) is 1. The van der Waals surface area contributed by atoms with Crippen molar-refractivity contribution in [2.75, 3.05) is 26.7 Å². The number of hydrogen-bond acceptors (Lipinski definition) is 3. The average Bonchev–Trinajstić information content (AvgIpc) is 2.84. The van der Waals surface area contributed by atoms with Gasteiger partial charge >= 0.3 is 0 Å². The molecule has 0 unspecified atom stereocenters. The molecule has 1 aliphatic heterocycles. The molecule has 1 aromatic rings. The van der Waals surface area contributed by atoms with E-state index in [1.807, 2.05) is 13.0 Å². The molecule has 0 aliphatic carbocycles. The molecular weight excluding hydrogens is 238 g/mol. The molecule has 1 aromatic heterocycles. The van der Waals surface area contributed by atoms with E-state index in [0.29, 0.717) is 12.3 Å². The van der Waals surface area contributed by atoms with Crippen LogP contribution in [-0.2, 0) is 11.2 Å². The van der Waals surface area contributed by atoms with Crippen LogP contribution in [0.1, 0.15) is 24.2 Å². The number of nitrogens with zero attached hydrogens (tertiary/aromatic N) is 2. The van der Waals surface area contributed by atoms with Crippen molar-refractivity contribution in [1.29, 1.82) is 0 Å². The Bertz CT molecular complexity index is 433. The van der Waals surface area contributed by atoms with E-state index in [1.165, 1.54) is 0 Å². The van der Waals surface area contributed by atoms with Crippen LogP contribution in [0.25, 0.3) is 0 Å². The first kappa shape index (κ1) is 14.0. The lowest BCUT2D eigenvalue weighted by Crippen LogP contribution is -2.26. The average molecular weight is 261 g/mol. The second kappa shape index (κ2) is 6.66. The number of carbonyl (C=O) groups excluding carboxylic acids is 1. The topological polar surface area (TPSA) is 45.2 Å². The molecule has 1 amide bonds. The Balaban J connectivity index is 1.75. The van der Waals surface area contributed by atoms with Gasteiger partial charge in [0.2, 0.25) is 5.91 Å². The van der Waals surface area contributed by atoms with Gasteiger partial charge in [-0.3, -0.25) is 9.78 Å². The zero-order chi connectivity index (χ0) is 13.7. The van der Waals surface area contributed by atoms with Gasteiger partial charge in [0, 0.05) is 44.4 Å². The Morgan fingerprint density at radius 1 is 1.53 bits per heavy atom. The number of aryl methyl sites for hydroxylation is 1. The van der Waals surface area contributed by atoms with E-state index in [9.17, 15) is 4.79 Å². The minimum absolute atomic E-state index is 0.159. The van der Waals surface area contributed by atoms with Crippen molar-refractivity contribution in [1.82, 2.24) is 15.2 Å². The van der Waals surface area contributed by atoms with Gasteiger partial charge in [0.25, 0.3) is 0 Å². The molecule has 0 radical (unpaired) electrons. The molecule has 2 heterocycles. The molecule has 0 aromatic carbocycles. The number of pyridine rings is 1. The fourth-order valence-electron chi connectivity index (χ4n) is 2.66. The van der Waals surface area contributed by atoms with Crippen molar-refractivity contribution in [3.05, 3.63) is 29.6 Å². The maximum Gasteiger partial charge on any atom is 0.220 e. The number of aromatic nitrogens is 1. The summed E-state index contributed by atoms with van der Waals surface area (Å²) in [6, 6.07) is 6.18. The lowest BCUT2D eigenvalue weighted by molar-refractivity contribution is -0.121. The molecule has 4 nitrogen and oxygen atoms in total. The van der Waals surface area contributed by atoms with Gasteiger partial charge in [0.15, 0.2) is 0 Å². The van der Waals surface area contributed by atoms with Gasteiger partial charge < -0.3 is 10.2 Å². The summed E-state index contributed by atoms with van der Waals surface area (Å²) in [5, 5.41) is 2.70. The molecule has 104 valence electrons. The number of carbonyl (C=O) groups is 1. The molecule has 1 fully saturated rings. The molecule has 1 saturated heterocycles. The molecule has 0 bridgehead atoms. The van der Waals surface area contributed by atoms with E-state index in [4.69, 9.17) is 0 Å². The summed E-state index contributed by atoms with van der Waals surface area (Å²) in [5.74, 6) is 0.678. The Hall–Kier alpha value is -1.42. The summed E-state index contributed by atoms with van der Waals surface area (Å²) >= 11 is 0. The first-order valence-electron chi connectivity index (χ1n) is 7.03. The Kier molecular flexibility index (Phi) is 4.91. The summed E-state index contributed by atoms with van der Waals surface area (Å²) < 4.78 is 0. The highest BCUT2D eigenvalue weighted by atomic mass is 16.1. The third-order valence-corrected chi connectivity index (χ3v) is 3.75. The monoisotopic (exact) mass is 261 g/mol. The first-order chi connectivity index (χ1) is 9.17. The van der Waals surface area contributed by atoms with Crippen LogP contribution in [0, 0.1) is 12.8 Å². The van der Waals surface area contributed by atoms with Crippen molar-refractivity contribution >= 4 is 5.91 Å². The van der Waals surface area contributed by atoms with Crippen molar-refractivity contribution in [3.8, 4) is 0 Å². The fraction of sp³-hybridized carbons (Fsp3) is 0.600. The normalized spacial score (nSPS) is 19.6. The van der Waals surface area contributed by atoms with Crippen molar-refractivity contribution < 1.29 is 4.79 Å². The van der Waals surface area contributed by atoms with E-state index in [2.05, 4.69) is 27.3 Å². The zero-order valence-electron chi connectivity index (χ0n) is 11.9. The number of rotatable bonds is 5. The number of nitrogens with one attached hydrogen (secondary N) is 1. The highest BCUT2D eigenvalue weighted by molar-refractivity contribution is 5.75. The minimum Gasteiger partial charge on any atom is -0.359 e. The quantitative estimate of drug-likeness (QED) is 0.871. The zero-order valence-corrected chi connectivity index (χ0v) is 11.9. The van der Waals surface area contributed by atoms with Gasteiger partial charge in [-0.1, -0.05) is 6.07 Å². The number of amides is 1. The first-order valence-corrected chi connectivity index (χ1v) is 7.03. The number of likely N-dealkylation sites (tertiary alicyclic amines) is 1. The van der Waals surface area contributed by atoms with Gasteiger partial charge in [-0.2, -0.15) is 0 Å². The summed E-state index contributed by atoms with van der Waals surface area (Å²) in [6.45, 7) is 5.21. The molecule has 1 N–H and O–H groups in total. The van der Waals surface area contributed by atoms with Crippen LogP contribution in [0.2, 0.25) is 0 Å². The van der Waals surface area contributed by atoms with Crippen LogP contribution in [0.5, 0.6) is 0 Å². The molecule has 0 spiro atoms. The van der Waals surface area contributed by atoms with E-state index >= 15 is 0 Å². The van der Waals surface area contributed by atoms with Gasteiger partial charge in [-0.15, -0.1) is 0 Å². The second-order valence-corrected chi connectivity index (χ2v) is 5.35. The molecule has 0 saturated carbocycles. The molecule has 2 rings (SSSR count). The Morgan fingerprint density at radius 3 is 3.11 bits per heavy atom. The van der Waals surface area contributed by atoms with Crippen molar-refractivity contribution in [3.63, 3.8) is 0 Å². The predicted molar refractivity (Wildman–Crippen MR) is 75.9 cm³/mol. The highest BCUT2D eigenvalue weighted by Crippen LogP contribution is 2.19. The van der Waals surface area contributed by atoms with Crippen LogP contribution < -0.4 is 5.32 Å². The van der Waals surface area contributed by atoms with Crippen molar-refractivity contribution in [2.45, 2.75) is 26.2 Å². The Labute approximate surface area is 115 Å². The maximum atomic E-state index is 11.4. The van der Waals surface area contributed by atoms with E-state index in [0.717, 1.165) is 43.9 Å². The van der Waals surface area contributed by atoms with E-state index < -0.39 is 0 Å². The van der Waals surface area contributed by atoms with Gasteiger partial charge in [0.05, 0.1) is 0 Å². The third kappa shape index (κ3) is 4.31. The van der Waals surface area contributed by atoms with Crippen LogP contribution in [0.3, 0.4) is 0 Å². The molecule has 19 heavy (non-hydrogen) atoms. The summed E-state index contributed by atoms with van der Waals surface area (Å²) in [5.41, 5.74) is 2.24. The summed E-state index contributed by atoms with van der Waals surface area (Å²) in [7, 11) is 1.71. The lowest BCUT2D eigenvalue weighted by Gasteiger charge is -2.15. The molecule has 1 atom stereocenters. The van der Waals surface area contributed by atoms with E-state index in [1.54, 1.807) is 7.05 Å². The largest absolute Gasteiger partial charge is 0.359 e. The van der Waals surface area contributed by atoms with Crippen molar-refractivity contribution in [2.24, 2.45) is 5.92 Å². The minimum atomic E-state index is 0.159. The molecule has 1 aliphatic rings. The summed E-state index contributed by atoms with van der Waals surface area (Å²) in [6.07, 6.45) is 2.79. The van der Waals surface area contributed by atoms with Gasteiger partial charge in [0.1, 0.15) is 0 Å².